The van der Waals surface area contributed by atoms with Crippen LogP contribution in [0.2, 0.25) is 5.02 Å². The second kappa shape index (κ2) is 11.8. The SMILES string of the molecule is C1CC[NH2+]CC1.N#CC1=C([S-])NC(O)(c2ccccc2)C(c2nc3ccccc3s2)C1c1ccccc1Cl. The van der Waals surface area contributed by atoms with Crippen molar-refractivity contribution in [3.63, 3.8) is 0 Å². The summed E-state index contributed by atoms with van der Waals surface area (Å²) in [6.45, 7) is 2.75. The number of halogens is 1. The lowest BCUT2D eigenvalue weighted by molar-refractivity contribution is -0.662. The van der Waals surface area contributed by atoms with Crippen LogP contribution >= 0.6 is 22.9 Å². The van der Waals surface area contributed by atoms with Crippen molar-refractivity contribution in [1.29, 1.82) is 5.26 Å². The number of allylic oxidation sites excluding steroid dienone is 1. The van der Waals surface area contributed by atoms with Gasteiger partial charge in [0, 0.05) is 22.1 Å². The van der Waals surface area contributed by atoms with E-state index in [1.165, 1.54) is 43.7 Å². The molecule has 0 amide bonds. The summed E-state index contributed by atoms with van der Waals surface area (Å²) in [6, 6.07) is 26.8. The van der Waals surface area contributed by atoms with Crippen molar-refractivity contribution in [1.82, 2.24) is 10.3 Å². The first kappa shape index (κ1) is 26.6. The second-order valence-corrected chi connectivity index (χ2v) is 11.4. The molecule has 1 saturated heterocycles. The molecule has 38 heavy (non-hydrogen) atoms. The Morgan fingerprint density at radius 1 is 1.00 bits per heavy atom. The molecule has 3 aromatic carbocycles. The quantitative estimate of drug-likeness (QED) is 0.297. The largest absolute Gasteiger partial charge is 0.762 e. The minimum atomic E-state index is -1.59. The third-order valence-corrected chi connectivity index (χ3v) is 8.90. The average molecular weight is 561 g/mol. The number of hydrogen-bond donors (Lipinski definition) is 3. The van der Waals surface area contributed by atoms with Crippen LogP contribution in [-0.4, -0.2) is 23.2 Å². The number of nitrogens with two attached hydrogens (primary N) is 1. The fraction of sp³-hybridized carbons (Fsp3) is 0.267. The van der Waals surface area contributed by atoms with E-state index in [-0.39, 0.29) is 5.03 Å². The van der Waals surface area contributed by atoms with Crippen molar-refractivity contribution in [3.05, 3.63) is 111 Å². The van der Waals surface area contributed by atoms with Crippen molar-refractivity contribution >= 4 is 45.8 Å². The molecule has 2 aliphatic rings. The molecule has 5 nitrogen and oxygen atoms in total. The molecule has 4 N–H and O–H groups in total. The fourth-order valence-electron chi connectivity index (χ4n) is 5.24. The molecule has 0 spiro atoms. The standard InChI is InChI=1S/C25H18ClN3OS2.C5H11N/c26-18-11-5-4-10-16(18)21-17(14-27)23(31)29-25(30,15-8-2-1-3-9-15)22(21)24-28-19-12-6-7-13-20(19)32-24;1-2-4-6-5-3-1/h1-13,21-22,29-31H;6H,1-5H2. The van der Waals surface area contributed by atoms with Gasteiger partial charge in [-0.25, -0.2) is 4.98 Å². The zero-order chi connectivity index (χ0) is 26.5. The highest BCUT2D eigenvalue weighted by molar-refractivity contribution is 7.63. The Labute approximate surface area is 237 Å². The van der Waals surface area contributed by atoms with Crippen LogP contribution < -0.4 is 10.6 Å². The third-order valence-electron chi connectivity index (χ3n) is 7.11. The number of aliphatic hydroxyl groups is 1. The van der Waals surface area contributed by atoms with Crippen LogP contribution in [0.5, 0.6) is 0 Å². The lowest BCUT2D eigenvalue weighted by Gasteiger charge is -2.48. The van der Waals surface area contributed by atoms with E-state index >= 15 is 0 Å². The van der Waals surface area contributed by atoms with Gasteiger partial charge in [0.2, 0.25) is 0 Å². The van der Waals surface area contributed by atoms with E-state index in [0.717, 1.165) is 15.8 Å². The van der Waals surface area contributed by atoms with E-state index in [9.17, 15) is 10.4 Å². The summed E-state index contributed by atoms with van der Waals surface area (Å²) >= 11 is 13.7. The molecule has 0 bridgehead atoms. The predicted octanol–water partition coefficient (Wildman–Crippen LogP) is 5.28. The number of rotatable bonds is 3. The van der Waals surface area contributed by atoms with Crippen molar-refractivity contribution < 1.29 is 10.4 Å². The molecule has 3 heterocycles. The maximum absolute atomic E-state index is 12.2. The molecule has 1 fully saturated rings. The van der Waals surface area contributed by atoms with Gasteiger partial charge in [-0.3, -0.25) is 0 Å². The highest BCUT2D eigenvalue weighted by Gasteiger charge is 2.50. The predicted molar refractivity (Wildman–Crippen MR) is 156 cm³/mol. The maximum Gasteiger partial charge on any atom is 0.170 e. The van der Waals surface area contributed by atoms with E-state index in [0.29, 0.717) is 21.2 Å². The van der Waals surface area contributed by atoms with Crippen LogP contribution in [0.3, 0.4) is 0 Å². The topological polar surface area (TPSA) is 85.5 Å². The van der Waals surface area contributed by atoms with Gasteiger partial charge in [0.15, 0.2) is 5.72 Å². The van der Waals surface area contributed by atoms with Gasteiger partial charge in [-0.15, -0.1) is 11.3 Å². The van der Waals surface area contributed by atoms with Crippen LogP contribution in [0.15, 0.2) is 89.5 Å². The first-order valence-electron chi connectivity index (χ1n) is 12.8. The monoisotopic (exact) mass is 560 g/mol. The number of fused-ring (bicyclic) bond motifs is 1. The van der Waals surface area contributed by atoms with Crippen molar-refractivity contribution in [2.75, 3.05) is 13.1 Å². The number of nitriles is 1. The Morgan fingerprint density at radius 3 is 2.32 bits per heavy atom. The summed E-state index contributed by atoms with van der Waals surface area (Å²) < 4.78 is 1.00. The van der Waals surface area contributed by atoms with E-state index in [1.807, 2.05) is 72.8 Å². The number of aromatic nitrogens is 1. The number of nitrogens with zero attached hydrogens (tertiary/aromatic N) is 2. The number of nitrogens with one attached hydrogen (secondary N) is 1. The van der Waals surface area contributed by atoms with Gasteiger partial charge in [0.25, 0.3) is 0 Å². The number of quaternary nitrogens is 1. The van der Waals surface area contributed by atoms with Gasteiger partial charge in [0.05, 0.1) is 35.3 Å². The van der Waals surface area contributed by atoms with Crippen LogP contribution in [0.25, 0.3) is 10.2 Å². The minimum absolute atomic E-state index is 0.209. The number of piperidine rings is 1. The molecule has 3 unspecified atom stereocenters. The maximum atomic E-state index is 12.2. The molecule has 2 aliphatic heterocycles. The molecule has 6 rings (SSSR count). The lowest BCUT2D eigenvalue weighted by Crippen LogP contribution is -2.85. The van der Waals surface area contributed by atoms with E-state index < -0.39 is 17.6 Å². The molecule has 4 aromatic rings. The van der Waals surface area contributed by atoms with Gasteiger partial charge in [-0.1, -0.05) is 77.3 Å². The van der Waals surface area contributed by atoms with Crippen LogP contribution in [0.1, 0.15) is 47.2 Å². The Bertz CT molecular complexity index is 1430. The first-order valence-corrected chi connectivity index (χ1v) is 14.4. The van der Waals surface area contributed by atoms with E-state index in [2.05, 4.69) is 16.7 Å². The lowest BCUT2D eigenvalue weighted by atomic mass is 9.71. The normalized spacial score (nSPS) is 23.2. The Hall–Kier alpha value is -2.99. The van der Waals surface area contributed by atoms with E-state index in [1.54, 1.807) is 6.07 Å². The van der Waals surface area contributed by atoms with Crippen LogP contribution in [-0.2, 0) is 18.4 Å². The summed E-state index contributed by atoms with van der Waals surface area (Å²) in [7, 11) is 0. The first-order chi connectivity index (χ1) is 18.5. The molecular formula is C30H29ClN4OS2. The molecule has 8 heteroatoms. The van der Waals surface area contributed by atoms with Gasteiger partial charge in [-0.2, -0.15) is 5.26 Å². The number of benzene rings is 3. The Balaban J connectivity index is 0.000000433. The molecule has 0 radical (unpaired) electrons. The zero-order valence-electron chi connectivity index (χ0n) is 20.8. The smallest absolute Gasteiger partial charge is 0.170 e. The van der Waals surface area contributed by atoms with Crippen molar-refractivity contribution in [2.45, 2.75) is 36.8 Å². The summed E-state index contributed by atoms with van der Waals surface area (Å²) in [5.41, 5.74) is 0.982. The molecule has 0 saturated carbocycles. The number of thiazole rings is 1. The number of hydrogen-bond acceptors (Lipinski definition) is 6. The van der Waals surface area contributed by atoms with Gasteiger partial charge >= 0.3 is 0 Å². The Kier molecular flexibility index (Phi) is 8.27. The second-order valence-electron chi connectivity index (χ2n) is 9.54. The molecule has 0 aliphatic carbocycles. The van der Waals surface area contributed by atoms with Crippen molar-refractivity contribution in [2.24, 2.45) is 0 Å². The highest BCUT2D eigenvalue weighted by Crippen LogP contribution is 2.53. The minimum Gasteiger partial charge on any atom is -0.762 e. The van der Waals surface area contributed by atoms with Crippen LogP contribution in [0, 0.1) is 11.3 Å². The van der Waals surface area contributed by atoms with Gasteiger partial charge < -0.3 is 28.4 Å². The van der Waals surface area contributed by atoms with E-state index in [4.69, 9.17) is 29.2 Å². The van der Waals surface area contributed by atoms with Gasteiger partial charge in [0.1, 0.15) is 5.01 Å². The molecule has 194 valence electrons. The molecule has 3 atom stereocenters. The average Bonchev–Trinajstić information content (AvgIpc) is 3.38. The number of para-hydroxylation sites is 1. The summed E-state index contributed by atoms with van der Waals surface area (Å²) in [5.74, 6) is -1.21. The summed E-state index contributed by atoms with van der Waals surface area (Å²) in [5, 5.41) is 29.1. The summed E-state index contributed by atoms with van der Waals surface area (Å²) in [4.78, 5) is 4.87. The zero-order valence-corrected chi connectivity index (χ0v) is 23.2. The molecular weight excluding hydrogens is 532 g/mol. The highest BCUT2D eigenvalue weighted by atomic mass is 35.5. The third kappa shape index (κ3) is 5.28. The van der Waals surface area contributed by atoms with Crippen molar-refractivity contribution in [3.8, 4) is 6.07 Å². The van der Waals surface area contributed by atoms with Gasteiger partial charge in [-0.05, 0) is 43.0 Å². The molecule has 1 aromatic heterocycles. The fourth-order valence-corrected chi connectivity index (χ4v) is 6.99. The summed E-state index contributed by atoms with van der Waals surface area (Å²) in [6.07, 6.45) is 4.36. The van der Waals surface area contributed by atoms with Crippen LogP contribution in [0.4, 0.5) is 0 Å². The Morgan fingerprint density at radius 2 is 1.68 bits per heavy atom.